The average Bonchev–Trinajstić information content (AvgIpc) is 3.19. The van der Waals surface area contributed by atoms with Crippen molar-refractivity contribution in [1.29, 1.82) is 0 Å². The first-order chi connectivity index (χ1) is 17.8. The molecule has 6 nitrogen and oxygen atoms in total. The molecule has 1 heterocycles. The van der Waals surface area contributed by atoms with Gasteiger partial charge < -0.3 is 15.3 Å². The number of hydrogen-bond donors (Lipinski definition) is 2. The number of carbonyl (C=O) groups excluding carboxylic acids is 2. The van der Waals surface area contributed by atoms with Gasteiger partial charge in [-0.05, 0) is 77.4 Å². The summed E-state index contributed by atoms with van der Waals surface area (Å²) >= 11 is 0. The molecule has 0 aromatic heterocycles. The monoisotopic (exact) mass is 498 g/mol. The van der Waals surface area contributed by atoms with Gasteiger partial charge in [-0.3, -0.25) is 9.59 Å². The predicted molar refractivity (Wildman–Crippen MR) is 146 cm³/mol. The van der Waals surface area contributed by atoms with Crippen LogP contribution in [-0.2, 0) is 17.8 Å². The lowest BCUT2D eigenvalue weighted by Gasteiger charge is -2.27. The number of fused-ring (bicyclic) bond motifs is 1. The van der Waals surface area contributed by atoms with Crippen molar-refractivity contribution in [2.45, 2.75) is 59.0 Å². The molecule has 4 rings (SSSR count). The van der Waals surface area contributed by atoms with E-state index in [1.165, 1.54) is 23.3 Å². The summed E-state index contributed by atoms with van der Waals surface area (Å²) < 4.78 is 0. The Balaban J connectivity index is 1.42. The minimum absolute atomic E-state index is 0.151. The Morgan fingerprint density at radius 1 is 0.946 bits per heavy atom. The van der Waals surface area contributed by atoms with Gasteiger partial charge in [-0.1, -0.05) is 63.9 Å². The third kappa shape index (κ3) is 5.91. The van der Waals surface area contributed by atoms with Crippen LogP contribution in [0.3, 0.4) is 0 Å². The van der Waals surface area contributed by atoms with Gasteiger partial charge in [0.05, 0.1) is 0 Å². The van der Waals surface area contributed by atoms with Crippen molar-refractivity contribution >= 4 is 23.5 Å². The Labute approximate surface area is 218 Å². The highest BCUT2D eigenvalue weighted by Gasteiger charge is 2.38. The molecule has 1 aliphatic heterocycles. The highest BCUT2D eigenvalue weighted by atomic mass is 16.4. The molecule has 37 heavy (non-hydrogen) atoms. The van der Waals surface area contributed by atoms with Crippen molar-refractivity contribution in [3.8, 4) is 11.1 Å². The predicted octanol–water partition coefficient (Wildman–Crippen LogP) is 6.40. The maximum absolute atomic E-state index is 12.9. The van der Waals surface area contributed by atoms with Gasteiger partial charge in [0, 0.05) is 23.4 Å². The van der Waals surface area contributed by atoms with Crippen molar-refractivity contribution in [1.82, 2.24) is 4.90 Å². The summed E-state index contributed by atoms with van der Waals surface area (Å²) in [6.45, 7) is 6.09. The second kappa shape index (κ2) is 11.4. The number of carboxylic acids is 1. The molecule has 0 unspecified atom stereocenters. The van der Waals surface area contributed by atoms with Crippen LogP contribution in [0.1, 0.15) is 71.9 Å². The van der Waals surface area contributed by atoms with E-state index in [1.807, 2.05) is 74.5 Å². The van der Waals surface area contributed by atoms with Gasteiger partial charge in [0.25, 0.3) is 11.8 Å². The van der Waals surface area contributed by atoms with Crippen molar-refractivity contribution < 1.29 is 19.5 Å². The number of carboxylic acid groups (broad SMARTS) is 1. The topological polar surface area (TPSA) is 86.7 Å². The Hall–Kier alpha value is -3.93. The molecule has 1 aliphatic rings. The second-order valence-electron chi connectivity index (χ2n) is 10.0. The summed E-state index contributed by atoms with van der Waals surface area (Å²) in [5, 5.41) is 12.6. The number of hydrogen-bond acceptors (Lipinski definition) is 3. The quantitative estimate of drug-likeness (QED) is 0.317. The number of unbranched alkanes of at least 4 members (excludes halogenated alkanes) is 2. The lowest BCUT2D eigenvalue weighted by atomic mass is 10.00. The van der Waals surface area contributed by atoms with E-state index >= 15 is 0 Å². The smallest absolute Gasteiger partial charge is 0.326 e. The van der Waals surface area contributed by atoms with Crippen molar-refractivity contribution in [2.75, 3.05) is 5.32 Å². The SMILES string of the molecule is CCCCCc1ccc(C(=O)Nc2ccc(-c3ccc4c(c3)CN([C@H](C(=O)O)C(C)C)C4=O)cc2)cc1. The van der Waals surface area contributed by atoms with Crippen LogP contribution in [0.15, 0.2) is 66.7 Å². The number of rotatable bonds is 10. The first-order valence-corrected chi connectivity index (χ1v) is 13.0. The number of benzene rings is 3. The summed E-state index contributed by atoms with van der Waals surface area (Å²) in [7, 11) is 0. The number of aliphatic carboxylic acids is 1. The molecule has 2 N–H and O–H groups in total. The molecular formula is C31H34N2O4. The average molecular weight is 499 g/mol. The molecule has 2 amide bonds. The fraction of sp³-hybridized carbons (Fsp3) is 0.323. The zero-order chi connectivity index (χ0) is 26.5. The Morgan fingerprint density at radius 2 is 1.62 bits per heavy atom. The van der Waals surface area contributed by atoms with Crippen LogP contribution in [0.4, 0.5) is 5.69 Å². The van der Waals surface area contributed by atoms with E-state index in [4.69, 9.17) is 0 Å². The highest BCUT2D eigenvalue weighted by molar-refractivity contribution is 6.04. The molecule has 0 radical (unpaired) electrons. The Bertz CT molecular complexity index is 1280. The minimum atomic E-state index is -0.989. The maximum Gasteiger partial charge on any atom is 0.326 e. The standard InChI is InChI=1S/C31H34N2O4/c1-4-5-6-7-21-8-10-23(11-9-21)29(34)32-26-15-12-22(13-16-26)24-14-17-27-25(18-24)19-33(30(27)35)28(20(2)3)31(36)37/h8-18,20,28H,4-7,19H2,1-3H3,(H,32,34)(H,36,37)/t28-/m0/s1. The zero-order valence-electron chi connectivity index (χ0n) is 21.7. The van der Waals surface area contributed by atoms with Gasteiger partial charge in [-0.2, -0.15) is 0 Å². The Morgan fingerprint density at radius 3 is 2.24 bits per heavy atom. The third-order valence-electron chi connectivity index (χ3n) is 6.92. The highest BCUT2D eigenvalue weighted by Crippen LogP contribution is 2.31. The van der Waals surface area contributed by atoms with Crippen LogP contribution >= 0.6 is 0 Å². The first kappa shape index (κ1) is 26.1. The van der Waals surface area contributed by atoms with Gasteiger partial charge in [0.1, 0.15) is 6.04 Å². The van der Waals surface area contributed by atoms with E-state index in [1.54, 1.807) is 6.07 Å². The van der Waals surface area contributed by atoms with E-state index < -0.39 is 12.0 Å². The molecule has 0 spiro atoms. The maximum atomic E-state index is 12.9. The van der Waals surface area contributed by atoms with Crippen LogP contribution in [-0.4, -0.2) is 33.8 Å². The van der Waals surface area contributed by atoms with E-state index in [9.17, 15) is 19.5 Å². The molecule has 6 heteroatoms. The molecule has 1 atom stereocenters. The molecule has 192 valence electrons. The molecular weight excluding hydrogens is 464 g/mol. The number of nitrogens with one attached hydrogen (secondary N) is 1. The van der Waals surface area contributed by atoms with Crippen LogP contribution < -0.4 is 5.32 Å². The summed E-state index contributed by atoms with van der Waals surface area (Å²) in [5.41, 5.74) is 5.82. The molecule has 0 saturated carbocycles. The summed E-state index contributed by atoms with van der Waals surface area (Å²) in [6, 6.07) is 20.1. The van der Waals surface area contributed by atoms with E-state index in [0.717, 1.165) is 29.5 Å². The molecule has 3 aromatic carbocycles. The lowest BCUT2D eigenvalue weighted by Crippen LogP contribution is -2.44. The largest absolute Gasteiger partial charge is 0.480 e. The van der Waals surface area contributed by atoms with Crippen LogP contribution in [0.25, 0.3) is 11.1 Å². The summed E-state index contributed by atoms with van der Waals surface area (Å²) in [4.78, 5) is 38.7. The fourth-order valence-corrected chi connectivity index (χ4v) is 4.88. The van der Waals surface area contributed by atoms with Crippen molar-refractivity contribution in [3.63, 3.8) is 0 Å². The number of amides is 2. The normalized spacial score (nSPS) is 13.5. The molecule has 0 fully saturated rings. The fourth-order valence-electron chi connectivity index (χ4n) is 4.88. The molecule has 0 saturated heterocycles. The van der Waals surface area contributed by atoms with Crippen LogP contribution in [0.2, 0.25) is 0 Å². The molecule has 3 aromatic rings. The zero-order valence-corrected chi connectivity index (χ0v) is 21.7. The van der Waals surface area contributed by atoms with E-state index in [0.29, 0.717) is 16.8 Å². The third-order valence-corrected chi connectivity index (χ3v) is 6.92. The van der Waals surface area contributed by atoms with Crippen molar-refractivity contribution in [3.05, 3.63) is 89.0 Å². The van der Waals surface area contributed by atoms with E-state index in [-0.39, 0.29) is 24.3 Å². The Kier molecular flexibility index (Phi) is 8.07. The van der Waals surface area contributed by atoms with Crippen molar-refractivity contribution in [2.24, 2.45) is 5.92 Å². The number of carbonyl (C=O) groups is 3. The minimum Gasteiger partial charge on any atom is -0.480 e. The van der Waals surface area contributed by atoms with Gasteiger partial charge in [0.2, 0.25) is 0 Å². The summed E-state index contributed by atoms with van der Waals surface area (Å²) in [6.07, 6.45) is 4.59. The van der Waals surface area contributed by atoms with Gasteiger partial charge in [-0.15, -0.1) is 0 Å². The van der Waals surface area contributed by atoms with E-state index in [2.05, 4.69) is 12.2 Å². The molecule has 0 aliphatic carbocycles. The van der Waals surface area contributed by atoms with Crippen LogP contribution in [0, 0.1) is 5.92 Å². The number of nitrogens with zero attached hydrogens (tertiary/aromatic N) is 1. The lowest BCUT2D eigenvalue weighted by molar-refractivity contribution is -0.144. The van der Waals surface area contributed by atoms with Gasteiger partial charge in [-0.25, -0.2) is 4.79 Å². The van der Waals surface area contributed by atoms with Crippen LogP contribution in [0.5, 0.6) is 0 Å². The molecule has 0 bridgehead atoms. The first-order valence-electron chi connectivity index (χ1n) is 13.0. The number of aryl methyl sites for hydroxylation is 1. The second-order valence-corrected chi connectivity index (χ2v) is 10.0. The van der Waals surface area contributed by atoms with Gasteiger partial charge >= 0.3 is 5.97 Å². The summed E-state index contributed by atoms with van der Waals surface area (Å²) in [5.74, 6) is -1.57. The number of anilines is 1. The van der Waals surface area contributed by atoms with Gasteiger partial charge in [0.15, 0.2) is 0 Å².